The molecule has 0 spiro atoms. The Morgan fingerprint density at radius 2 is 1.86 bits per heavy atom. The smallest absolute Gasteiger partial charge is 0.272 e. The van der Waals surface area contributed by atoms with Gasteiger partial charge in [-0.2, -0.15) is 0 Å². The maximum atomic E-state index is 13.3. The molecule has 0 radical (unpaired) electrons. The Morgan fingerprint density at radius 3 is 2.54 bits per heavy atom. The number of halogens is 2. The molecular formula is C23H30Cl2N6O3S. The van der Waals surface area contributed by atoms with Gasteiger partial charge >= 0.3 is 0 Å². The molecule has 0 bridgehead atoms. The van der Waals surface area contributed by atoms with Gasteiger partial charge in [0.15, 0.2) is 0 Å². The van der Waals surface area contributed by atoms with Crippen molar-refractivity contribution in [3.63, 3.8) is 0 Å². The summed E-state index contributed by atoms with van der Waals surface area (Å²) in [6.07, 6.45) is 5.12. The number of aromatic nitrogens is 2. The van der Waals surface area contributed by atoms with Gasteiger partial charge in [-0.3, -0.25) is 9.69 Å². The lowest BCUT2D eigenvalue weighted by Gasteiger charge is -2.36. The van der Waals surface area contributed by atoms with E-state index in [1.165, 1.54) is 12.6 Å². The summed E-state index contributed by atoms with van der Waals surface area (Å²) in [6.45, 7) is 5.18. The first kappa shape index (κ1) is 26.1. The van der Waals surface area contributed by atoms with Crippen LogP contribution in [0.25, 0.3) is 0 Å². The Labute approximate surface area is 216 Å². The van der Waals surface area contributed by atoms with Crippen LogP contribution in [-0.4, -0.2) is 78.6 Å². The number of carbonyl (C=O) groups is 1. The summed E-state index contributed by atoms with van der Waals surface area (Å²) in [5.74, 6) is 0.504. The molecule has 12 heteroatoms. The van der Waals surface area contributed by atoms with Gasteiger partial charge < -0.3 is 10.2 Å². The van der Waals surface area contributed by atoms with Crippen LogP contribution in [0.5, 0.6) is 0 Å². The van der Waals surface area contributed by atoms with E-state index in [1.807, 2.05) is 17.9 Å². The number of hydrogen-bond donors (Lipinski definition) is 2. The first-order valence-corrected chi connectivity index (χ1v) is 14.3. The molecule has 4 rings (SSSR count). The van der Waals surface area contributed by atoms with E-state index in [2.05, 4.69) is 24.9 Å². The largest absolute Gasteiger partial charge is 0.366 e. The fraction of sp³-hybridized carbons (Fsp3) is 0.522. The molecule has 2 N–H and O–H groups in total. The number of amides is 1. The lowest BCUT2D eigenvalue weighted by atomic mass is 10.0. The number of hydrogen-bond acceptors (Lipinski definition) is 7. The highest BCUT2D eigenvalue weighted by atomic mass is 35.5. The van der Waals surface area contributed by atoms with Gasteiger partial charge in [0.2, 0.25) is 10.0 Å². The van der Waals surface area contributed by atoms with Crippen LogP contribution in [-0.2, 0) is 16.6 Å². The molecule has 35 heavy (non-hydrogen) atoms. The van der Waals surface area contributed by atoms with E-state index in [0.717, 1.165) is 31.4 Å². The normalized spacial score (nSPS) is 19.8. The summed E-state index contributed by atoms with van der Waals surface area (Å²) < 4.78 is 25.7. The average Bonchev–Trinajstić information content (AvgIpc) is 3.27. The van der Waals surface area contributed by atoms with E-state index in [9.17, 15) is 13.2 Å². The van der Waals surface area contributed by atoms with E-state index in [1.54, 1.807) is 12.1 Å². The number of likely N-dealkylation sites (tertiary alicyclic amines) is 2. The number of benzene rings is 1. The maximum absolute atomic E-state index is 13.3. The lowest BCUT2D eigenvalue weighted by Crippen LogP contribution is -2.47. The predicted molar refractivity (Wildman–Crippen MR) is 137 cm³/mol. The lowest BCUT2D eigenvalue weighted by molar-refractivity contribution is 0.0636. The molecule has 2 aliphatic rings. The predicted octanol–water partition coefficient (Wildman–Crippen LogP) is 2.93. The van der Waals surface area contributed by atoms with E-state index in [4.69, 9.17) is 23.2 Å². The van der Waals surface area contributed by atoms with Crippen molar-refractivity contribution in [2.75, 3.05) is 37.8 Å². The van der Waals surface area contributed by atoms with Crippen LogP contribution >= 0.6 is 23.2 Å². The molecule has 2 saturated heterocycles. The van der Waals surface area contributed by atoms with Gasteiger partial charge in [-0.25, -0.2) is 23.1 Å². The Bertz CT molecular complexity index is 1190. The van der Waals surface area contributed by atoms with Gasteiger partial charge in [-0.15, -0.1) is 0 Å². The van der Waals surface area contributed by atoms with Gasteiger partial charge in [0.05, 0.1) is 16.3 Å². The monoisotopic (exact) mass is 540 g/mol. The Morgan fingerprint density at radius 1 is 1.11 bits per heavy atom. The van der Waals surface area contributed by atoms with E-state index in [0.29, 0.717) is 59.3 Å². The van der Waals surface area contributed by atoms with Crippen LogP contribution in [0.1, 0.15) is 40.9 Å². The molecule has 2 fully saturated rings. The zero-order valence-corrected chi connectivity index (χ0v) is 22.1. The molecule has 2 aromatic rings. The quantitative estimate of drug-likeness (QED) is 0.555. The highest BCUT2D eigenvalue weighted by Crippen LogP contribution is 2.25. The van der Waals surface area contributed by atoms with Crippen molar-refractivity contribution in [3.05, 3.63) is 51.4 Å². The van der Waals surface area contributed by atoms with Crippen LogP contribution in [0, 0.1) is 6.92 Å². The third kappa shape index (κ3) is 6.62. The van der Waals surface area contributed by atoms with Crippen molar-refractivity contribution in [1.82, 2.24) is 24.5 Å². The molecular weight excluding hydrogens is 511 g/mol. The number of carbonyl (C=O) groups excluding carboxylic acids is 1. The number of nitrogens with one attached hydrogen (secondary N) is 2. The van der Waals surface area contributed by atoms with E-state index >= 15 is 0 Å². The summed E-state index contributed by atoms with van der Waals surface area (Å²) in [5.41, 5.74) is 2.05. The summed E-state index contributed by atoms with van der Waals surface area (Å²) in [5, 5.41) is 4.25. The Balaban J connectivity index is 1.33. The minimum atomic E-state index is -3.20. The molecule has 1 aromatic carbocycles. The minimum Gasteiger partial charge on any atom is -0.366 e. The molecule has 9 nitrogen and oxygen atoms in total. The fourth-order valence-corrected chi connectivity index (χ4v) is 5.90. The Kier molecular flexibility index (Phi) is 8.17. The zero-order valence-electron chi connectivity index (χ0n) is 19.8. The average molecular weight is 542 g/mol. The van der Waals surface area contributed by atoms with Gasteiger partial charge in [-0.1, -0.05) is 29.3 Å². The van der Waals surface area contributed by atoms with E-state index < -0.39 is 10.0 Å². The van der Waals surface area contributed by atoms with Gasteiger partial charge in [0.25, 0.3) is 5.91 Å². The van der Waals surface area contributed by atoms with Crippen LogP contribution in [0.2, 0.25) is 10.0 Å². The SMILES string of the molecule is Cc1c(NCc2ccc(Cl)c(Cl)c2)ncnc1C(=O)N1CCC(N2CC[C@H](NS(C)(=O)=O)C2)CC1. The van der Waals surface area contributed by atoms with Crippen molar-refractivity contribution >= 4 is 45.0 Å². The van der Waals surface area contributed by atoms with Crippen molar-refractivity contribution in [2.24, 2.45) is 0 Å². The molecule has 1 atom stereocenters. The first-order valence-electron chi connectivity index (χ1n) is 11.6. The van der Waals surface area contributed by atoms with E-state index in [-0.39, 0.29) is 11.9 Å². The molecule has 1 aromatic heterocycles. The summed E-state index contributed by atoms with van der Waals surface area (Å²) >= 11 is 12.1. The number of sulfonamides is 1. The molecule has 0 unspecified atom stereocenters. The second-order valence-electron chi connectivity index (χ2n) is 9.19. The third-order valence-electron chi connectivity index (χ3n) is 6.60. The van der Waals surface area contributed by atoms with Crippen molar-refractivity contribution in [3.8, 4) is 0 Å². The summed E-state index contributed by atoms with van der Waals surface area (Å²) in [7, 11) is -3.20. The van der Waals surface area contributed by atoms with Crippen molar-refractivity contribution in [2.45, 2.75) is 44.8 Å². The summed E-state index contributed by atoms with van der Waals surface area (Å²) in [4.78, 5) is 26.0. The number of rotatable bonds is 7. The zero-order chi connectivity index (χ0) is 25.2. The molecule has 1 amide bonds. The van der Waals surface area contributed by atoms with Crippen molar-refractivity contribution < 1.29 is 13.2 Å². The maximum Gasteiger partial charge on any atom is 0.272 e. The second-order valence-corrected chi connectivity index (χ2v) is 11.8. The number of anilines is 1. The van der Waals surface area contributed by atoms with Gasteiger partial charge in [0, 0.05) is 50.4 Å². The third-order valence-corrected chi connectivity index (χ3v) is 8.10. The topological polar surface area (TPSA) is 108 Å². The standard InChI is InChI=1S/C23H30Cl2N6O3S/c1-15-21(27-14-28-22(15)26-12-16-3-4-19(24)20(25)11-16)23(32)30-9-6-18(7-10-30)31-8-5-17(13-31)29-35(2,33)34/h3-4,11,14,17-18,29H,5-10,12-13H2,1-2H3,(H,26,27,28)/t17-/m0/s1. The molecule has 0 saturated carbocycles. The number of nitrogens with zero attached hydrogens (tertiary/aromatic N) is 4. The molecule has 3 heterocycles. The first-order chi connectivity index (χ1) is 16.6. The molecule has 0 aliphatic carbocycles. The molecule has 2 aliphatic heterocycles. The second kappa shape index (κ2) is 11.0. The van der Waals surface area contributed by atoms with Crippen LogP contribution < -0.4 is 10.0 Å². The highest BCUT2D eigenvalue weighted by Gasteiger charge is 2.33. The van der Waals surface area contributed by atoms with Gasteiger partial charge in [0.1, 0.15) is 17.8 Å². The highest BCUT2D eigenvalue weighted by molar-refractivity contribution is 7.88. The van der Waals surface area contributed by atoms with Crippen molar-refractivity contribution in [1.29, 1.82) is 0 Å². The minimum absolute atomic E-state index is 0.0388. The van der Waals surface area contributed by atoms with Crippen LogP contribution in [0.3, 0.4) is 0 Å². The fourth-order valence-electron chi connectivity index (χ4n) is 4.78. The van der Waals surface area contributed by atoms with Crippen LogP contribution in [0.4, 0.5) is 5.82 Å². The van der Waals surface area contributed by atoms with Crippen LogP contribution in [0.15, 0.2) is 24.5 Å². The Hall–Kier alpha value is -1.98. The number of piperidine rings is 1. The van der Waals surface area contributed by atoms with Gasteiger partial charge in [-0.05, 0) is 43.9 Å². The molecule has 190 valence electrons. The summed E-state index contributed by atoms with van der Waals surface area (Å²) in [6, 6.07) is 5.73.